The zero-order valence-electron chi connectivity index (χ0n) is 30.8. The Hall–Kier alpha value is -1.67. The van der Waals surface area contributed by atoms with Gasteiger partial charge in [-0.1, -0.05) is 53.2 Å². The van der Waals surface area contributed by atoms with Crippen LogP contribution in [0.1, 0.15) is 131 Å². The summed E-state index contributed by atoms with van der Waals surface area (Å²) >= 11 is 0. The molecule has 4 saturated carbocycles. The van der Waals surface area contributed by atoms with Crippen molar-refractivity contribution in [3.8, 4) is 0 Å². The van der Waals surface area contributed by atoms with Crippen LogP contribution in [0, 0.1) is 45.8 Å². The summed E-state index contributed by atoms with van der Waals surface area (Å²) in [7, 11) is -3.05. The number of carboxylic acid groups (broad SMARTS) is 1. The molecule has 6 rings (SSSR count). The Morgan fingerprint density at radius 3 is 2.33 bits per heavy atom. The minimum atomic E-state index is -3.05. The lowest BCUT2D eigenvalue weighted by Gasteiger charge is -2.71. The van der Waals surface area contributed by atoms with Gasteiger partial charge in [-0.2, -0.15) is 0 Å². The SMILES string of the molecule is CC/C=C(\CCC(=O)O)C1=CCC2(C)C(CCC3(C)C2CCC2C4CCCC4(NCC(=O)N4CCC(S(C)(=O)=O)CC4)CC[C@]23C)C1C. The summed E-state index contributed by atoms with van der Waals surface area (Å²) in [5, 5.41) is 13.0. The molecule has 7 nitrogen and oxygen atoms in total. The van der Waals surface area contributed by atoms with Crippen LogP contribution in [0.5, 0.6) is 0 Å². The zero-order chi connectivity index (χ0) is 34.7. The molecule has 270 valence electrons. The Bertz CT molecular complexity index is 1430. The van der Waals surface area contributed by atoms with Crippen LogP contribution in [0.25, 0.3) is 0 Å². The molecule has 0 radical (unpaired) electrons. The molecular weight excluding hydrogens is 621 g/mol. The fourth-order valence-electron chi connectivity index (χ4n) is 13.3. The molecule has 0 aromatic carbocycles. The molecule has 6 aliphatic rings. The topological polar surface area (TPSA) is 104 Å². The molecule has 5 fully saturated rings. The van der Waals surface area contributed by atoms with Crippen molar-refractivity contribution in [3.05, 3.63) is 23.3 Å². The minimum absolute atomic E-state index is 0.0458. The van der Waals surface area contributed by atoms with E-state index in [4.69, 9.17) is 0 Å². The summed E-state index contributed by atoms with van der Waals surface area (Å²) < 4.78 is 24.1. The highest BCUT2D eigenvalue weighted by Gasteiger charge is 2.68. The quantitative estimate of drug-likeness (QED) is 0.260. The zero-order valence-corrected chi connectivity index (χ0v) is 31.6. The number of sulfone groups is 1. The van der Waals surface area contributed by atoms with E-state index in [9.17, 15) is 23.1 Å². The number of aliphatic carboxylic acids is 1. The number of piperidine rings is 1. The van der Waals surface area contributed by atoms with Crippen molar-refractivity contribution < 1.29 is 23.1 Å². The van der Waals surface area contributed by atoms with E-state index in [2.05, 4.69) is 52.1 Å². The highest BCUT2D eigenvalue weighted by Crippen LogP contribution is 2.75. The number of carbonyl (C=O) groups is 2. The van der Waals surface area contributed by atoms with Crippen LogP contribution in [-0.2, 0) is 19.4 Å². The van der Waals surface area contributed by atoms with E-state index in [1.807, 2.05) is 4.90 Å². The van der Waals surface area contributed by atoms with Gasteiger partial charge in [0.25, 0.3) is 0 Å². The molecule has 2 N–H and O–H groups in total. The molecule has 8 heteroatoms. The maximum Gasteiger partial charge on any atom is 0.303 e. The van der Waals surface area contributed by atoms with Gasteiger partial charge >= 0.3 is 5.97 Å². The van der Waals surface area contributed by atoms with Gasteiger partial charge in [0.15, 0.2) is 0 Å². The molecule has 1 heterocycles. The number of carboxylic acids is 1. The summed E-state index contributed by atoms with van der Waals surface area (Å²) in [5.74, 6) is 2.47. The van der Waals surface area contributed by atoms with E-state index in [-0.39, 0.29) is 39.4 Å². The summed E-state index contributed by atoms with van der Waals surface area (Å²) in [5.41, 5.74) is 3.57. The fourth-order valence-corrected chi connectivity index (χ4v) is 14.4. The third kappa shape index (κ3) is 5.94. The van der Waals surface area contributed by atoms with Crippen molar-refractivity contribution in [3.63, 3.8) is 0 Å². The smallest absolute Gasteiger partial charge is 0.303 e. The predicted octanol–water partition coefficient (Wildman–Crippen LogP) is 7.57. The van der Waals surface area contributed by atoms with Crippen molar-refractivity contribution in [1.82, 2.24) is 10.2 Å². The molecule has 5 aliphatic carbocycles. The predicted molar refractivity (Wildman–Crippen MR) is 192 cm³/mol. The molecule has 1 amide bonds. The van der Waals surface area contributed by atoms with Crippen LogP contribution in [-0.4, -0.2) is 67.0 Å². The van der Waals surface area contributed by atoms with E-state index in [1.54, 1.807) is 0 Å². The number of nitrogens with zero attached hydrogens (tertiary/aromatic N) is 1. The van der Waals surface area contributed by atoms with E-state index >= 15 is 0 Å². The molecule has 0 bridgehead atoms. The molecule has 1 aliphatic heterocycles. The van der Waals surface area contributed by atoms with E-state index < -0.39 is 15.8 Å². The van der Waals surface area contributed by atoms with Crippen molar-refractivity contribution in [2.45, 2.75) is 142 Å². The molecule has 0 aromatic heterocycles. The first-order valence-electron chi connectivity index (χ1n) is 19.4. The molecule has 0 spiro atoms. The van der Waals surface area contributed by atoms with Gasteiger partial charge in [0.05, 0.1) is 11.8 Å². The van der Waals surface area contributed by atoms with E-state index in [0.717, 1.165) is 25.7 Å². The van der Waals surface area contributed by atoms with Gasteiger partial charge in [0.1, 0.15) is 9.84 Å². The van der Waals surface area contributed by atoms with Crippen LogP contribution >= 0.6 is 0 Å². The average Bonchev–Trinajstić information content (AvgIpc) is 3.46. The molecule has 48 heavy (non-hydrogen) atoms. The minimum Gasteiger partial charge on any atom is -0.481 e. The van der Waals surface area contributed by atoms with Crippen molar-refractivity contribution in [1.29, 1.82) is 0 Å². The summed E-state index contributed by atoms with van der Waals surface area (Å²) in [6.07, 6.45) is 21.2. The third-order valence-electron chi connectivity index (χ3n) is 16.0. The second kappa shape index (κ2) is 13.1. The van der Waals surface area contributed by atoms with Crippen molar-refractivity contribution in [2.75, 3.05) is 25.9 Å². The summed E-state index contributed by atoms with van der Waals surface area (Å²) in [4.78, 5) is 26.8. The van der Waals surface area contributed by atoms with Gasteiger partial charge in [0, 0.05) is 31.3 Å². The van der Waals surface area contributed by atoms with Crippen LogP contribution in [0.15, 0.2) is 23.3 Å². The van der Waals surface area contributed by atoms with Crippen LogP contribution < -0.4 is 5.32 Å². The van der Waals surface area contributed by atoms with Gasteiger partial charge in [0.2, 0.25) is 5.91 Å². The highest BCUT2D eigenvalue weighted by atomic mass is 32.2. The van der Waals surface area contributed by atoms with Crippen molar-refractivity contribution in [2.24, 2.45) is 45.8 Å². The Morgan fingerprint density at radius 1 is 0.938 bits per heavy atom. The number of fused-ring (bicyclic) bond motifs is 7. The Kier molecular flexibility index (Phi) is 9.89. The van der Waals surface area contributed by atoms with Gasteiger partial charge in [-0.05, 0) is 140 Å². The second-order valence-electron chi connectivity index (χ2n) is 17.8. The lowest BCUT2D eigenvalue weighted by atomic mass is 9.34. The second-order valence-corrected chi connectivity index (χ2v) is 20.1. The molecule has 8 unspecified atom stereocenters. The molecule has 1 saturated heterocycles. The summed E-state index contributed by atoms with van der Waals surface area (Å²) in [6.45, 7) is 14.0. The Morgan fingerprint density at radius 2 is 1.67 bits per heavy atom. The number of carbonyl (C=O) groups excluding carboxylic acids is 1. The normalized spacial score (nSPS) is 41.9. The van der Waals surface area contributed by atoms with Crippen LogP contribution in [0.4, 0.5) is 0 Å². The van der Waals surface area contributed by atoms with Crippen molar-refractivity contribution >= 4 is 21.7 Å². The van der Waals surface area contributed by atoms with E-state index in [0.29, 0.717) is 68.5 Å². The molecule has 0 aromatic rings. The Balaban J connectivity index is 1.17. The number of nitrogens with one attached hydrogen (secondary N) is 1. The standard InChI is InChI=1S/C40H64N2O5S/c1-7-9-28(11-14-36(44)45)30-15-20-37(3)31(27(30)2)16-21-39(5)34(37)13-12-32-33-10-8-19-40(33,23-22-38(32,39)4)41-26-35(43)42-24-17-29(18-25-42)48(6,46)47/h9,15,27,29,31-34,41H,7-8,10-14,16-26H2,1-6H3,(H,44,45)/b28-9+/t27?,31?,32?,33?,34?,37?,38-,39?,40?/m1/s1. The number of allylic oxidation sites excluding steroid dienone is 4. The van der Waals surface area contributed by atoms with E-state index in [1.165, 1.54) is 62.3 Å². The number of hydrogen-bond acceptors (Lipinski definition) is 5. The van der Waals surface area contributed by atoms with Gasteiger partial charge < -0.3 is 15.3 Å². The monoisotopic (exact) mass is 684 g/mol. The lowest BCUT2D eigenvalue weighted by Crippen LogP contribution is -2.67. The first kappa shape index (κ1) is 36.1. The summed E-state index contributed by atoms with van der Waals surface area (Å²) in [6, 6.07) is 0. The first-order chi connectivity index (χ1) is 22.6. The average molecular weight is 685 g/mol. The maximum atomic E-state index is 13.4. The molecule has 9 atom stereocenters. The maximum absolute atomic E-state index is 13.4. The number of likely N-dealkylation sites (tertiary alicyclic amines) is 1. The largest absolute Gasteiger partial charge is 0.481 e. The third-order valence-corrected chi connectivity index (χ3v) is 17.7. The number of amides is 1. The van der Waals surface area contributed by atoms with Crippen LogP contribution in [0.2, 0.25) is 0 Å². The number of rotatable bonds is 9. The van der Waals surface area contributed by atoms with Gasteiger partial charge in [-0.3, -0.25) is 9.59 Å². The number of hydrogen-bond donors (Lipinski definition) is 2. The Labute approximate surface area is 291 Å². The van der Waals surface area contributed by atoms with Gasteiger partial charge in [-0.25, -0.2) is 8.42 Å². The van der Waals surface area contributed by atoms with Gasteiger partial charge in [-0.15, -0.1) is 0 Å². The lowest BCUT2D eigenvalue weighted by molar-refractivity contribution is -0.212. The van der Waals surface area contributed by atoms with Crippen LogP contribution in [0.3, 0.4) is 0 Å². The fraction of sp³-hybridized carbons (Fsp3) is 0.850. The first-order valence-corrected chi connectivity index (χ1v) is 21.4. The highest BCUT2D eigenvalue weighted by molar-refractivity contribution is 7.91. The molecular formula is C40H64N2O5S.